The molecule has 0 saturated heterocycles. The quantitative estimate of drug-likeness (QED) is 0.545. The van der Waals surface area contributed by atoms with E-state index in [0.29, 0.717) is 24.5 Å². The Kier molecular flexibility index (Phi) is 2.26. The molecule has 0 radical (unpaired) electrons. The van der Waals surface area contributed by atoms with Crippen molar-refractivity contribution in [3.05, 3.63) is 23.8 Å². The van der Waals surface area contributed by atoms with Crippen molar-refractivity contribution in [2.24, 2.45) is 5.16 Å². The molecule has 0 aliphatic carbocycles. The van der Waals surface area contributed by atoms with Gasteiger partial charge in [-0.25, -0.2) is 0 Å². The second-order valence-electron chi connectivity index (χ2n) is 3.01. The van der Waals surface area contributed by atoms with Crippen LogP contribution in [0.3, 0.4) is 0 Å². The second-order valence-corrected chi connectivity index (χ2v) is 3.01. The van der Waals surface area contributed by atoms with Gasteiger partial charge in [-0.1, -0.05) is 5.16 Å². The first-order chi connectivity index (χ1) is 6.85. The number of ether oxygens (including phenoxy) is 2. The van der Waals surface area contributed by atoms with E-state index in [1.807, 2.05) is 12.1 Å². The summed E-state index contributed by atoms with van der Waals surface area (Å²) in [4.78, 5) is 0. The Morgan fingerprint density at radius 1 is 1.50 bits per heavy atom. The van der Waals surface area contributed by atoms with E-state index in [-0.39, 0.29) is 0 Å². The molecule has 0 aromatic heterocycles. The van der Waals surface area contributed by atoms with Crippen molar-refractivity contribution >= 4 is 5.71 Å². The van der Waals surface area contributed by atoms with Crippen LogP contribution in [0.25, 0.3) is 0 Å². The van der Waals surface area contributed by atoms with Crippen LogP contribution in [0, 0.1) is 0 Å². The van der Waals surface area contributed by atoms with Crippen LogP contribution in [0.15, 0.2) is 23.4 Å². The zero-order valence-electron chi connectivity index (χ0n) is 7.86. The van der Waals surface area contributed by atoms with Gasteiger partial charge >= 0.3 is 0 Å². The SMILES string of the molecule is COc1ccc2c(c1)OCC/C2=N/O. The summed E-state index contributed by atoms with van der Waals surface area (Å²) >= 11 is 0. The molecule has 74 valence electrons. The van der Waals surface area contributed by atoms with Crippen molar-refractivity contribution in [1.29, 1.82) is 0 Å². The lowest BCUT2D eigenvalue weighted by Gasteiger charge is -2.18. The highest BCUT2D eigenvalue weighted by Crippen LogP contribution is 2.29. The molecule has 14 heavy (non-hydrogen) atoms. The normalized spacial score (nSPS) is 17.4. The first-order valence-corrected chi connectivity index (χ1v) is 4.37. The van der Waals surface area contributed by atoms with Gasteiger partial charge in [-0.3, -0.25) is 0 Å². The predicted molar refractivity (Wildman–Crippen MR) is 51.4 cm³/mol. The summed E-state index contributed by atoms with van der Waals surface area (Å²) in [6.45, 7) is 0.541. The Bertz CT molecular complexity index is 374. The third-order valence-corrected chi connectivity index (χ3v) is 2.22. The fourth-order valence-electron chi connectivity index (χ4n) is 1.48. The standard InChI is InChI=1S/C10H11NO3/c1-13-7-2-3-8-9(11-12)4-5-14-10(8)6-7/h2-3,6,12H,4-5H2,1H3/b11-9-. The van der Waals surface area contributed by atoms with Crippen LogP contribution in [-0.4, -0.2) is 24.6 Å². The van der Waals surface area contributed by atoms with E-state index < -0.39 is 0 Å². The number of hydrogen-bond donors (Lipinski definition) is 1. The fourth-order valence-corrected chi connectivity index (χ4v) is 1.48. The van der Waals surface area contributed by atoms with Gasteiger partial charge in [-0.15, -0.1) is 0 Å². The van der Waals surface area contributed by atoms with E-state index in [1.54, 1.807) is 13.2 Å². The maximum atomic E-state index is 8.77. The maximum Gasteiger partial charge on any atom is 0.132 e. The summed E-state index contributed by atoms with van der Waals surface area (Å²) in [6, 6.07) is 5.45. The van der Waals surface area contributed by atoms with Crippen molar-refractivity contribution in [2.75, 3.05) is 13.7 Å². The van der Waals surface area contributed by atoms with Crippen molar-refractivity contribution < 1.29 is 14.7 Å². The van der Waals surface area contributed by atoms with E-state index in [9.17, 15) is 0 Å². The average Bonchev–Trinajstić information content (AvgIpc) is 2.27. The molecule has 0 amide bonds. The summed E-state index contributed by atoms with van der Waals surface area (Å²) in [7, 11) is 1.60. The number of oxime groups is 1. The Morgan fingerprint density at radius 3 is 3.07 bits per heavy atom. The van der Waals surface area contributed by atoms with Gasteiger partial charge in [-0.2, -0.15) is 0 Å². The van der Waals surface area contributed by atoms with Crippen LogP contribution in [0.1, 0.15) is 12.0 Å². The van der Waals surface area contributed by atoms with Crippen LogP contribution >= 0.6 is 0 Å². The first-order valence-electron chi connectivity index (χ1n) is 4.37. The molecule has 0 spiro atoms. The molecule has 1 aromatic rings. The number of nitrogens with zero attached hydrogens (tertiary/aromatic N) is 1. The van der Waals surface area contributed by atoms with E-state index in [2.05, 4.69) is 5.16 Å². The van der Waals surface area contributed by atoms with Gasteiger partial charge in [0.05, 0.1) is 19.4 Å². The van der Waals surface area contributed by atoms with Crippen LogP contribution in [0.4, 0.5) is 0 Å². The van der Waals surface area contributed by atoms with Crippen molar-refractivity contribution in [2.45, 2.75) is 6.42 Å². The van der Waals surface area contributed by atoms with Crippen LogP contribution < -0.4 is 9.47 Å². The molecule has 4 heteroatoms. The lowest BCUT2D eigenvalue weighted by Crippen LogP contribution is -2.16. The molecule has 0 fully saturated rings. The maximum absolute atomic E-state index is 8.77. The Hall–Kier alpha value is -1.71. The summed E-state index contributed by atoms with van der Waals surface area (Å²) in [5.74, 6) is 1.45. The summed E-state index contributed by atoms with van der Waals surface area (Å²) < 4.78 is 10.5. The molecular weight excluding hydrogens is 182 g/mol. The smallest absolute Gasteiger partial charge is 0.132 e. The number of methoxy groups -OCH3 is 1. The molecule has 1 aromatic carbocycles. The fraction of sp³-hybridized carbons (Fsp3) is 0.300. The van der Waals surface area contributed by atoms with Gasteiger partial charge in [-0.05, 0) is 12.1 Å². The lowest BCUT2D eigenvalue weighted by molar-refractivity contribution is 0.296. The highest BCUT2D eigenvalue weighted by molar-refractivity contribution is 6.03. The Balaban J connectivity index is 2.46. The largest absolute Gasteiger partial charge is 0.497 e. The highest BCUT2D eigenvalue weighted by Gasteiger charge is 2.17. The number of rotatable bonds is 1. The monoisotopic (exact) mass is 193 g/mol. The zero-order chi connectivity index (χ0) is 9.97. The van der Waals surface area contributed by atoms with E-state index >= 15 is 0 Å². The second kappa shape index (κ2) is 3.57. The first kappa shape index (κ1) is 8.87. The molecule has 2 rings (SSSR count). The average molecular weight is 193 g/mol. The molecule has 0 saturated carbocycles. The van der Waals surface area contributed by atoms with Crippen LogP contribution in [0.2, 0.25) is 0 Å². The Morgan fingerprint density at radius 2 is 2.36 bits per heavy atom. The molecule has 0 bridgehead atoms. The van der Waals surface area contributed by atoms with E-state index in [1.165, 1.54) is 0 Å². The zero-order valence-corrected chi connectivity index (χ0v) is 7.86. The van der Waals surface area contributed by atoms with Gasteiger partial charge in [0.15, 0.2) is 0 Å². The molecular formula is C10H11NO3. The van der Waals surface area contributed by atoms with Gasteiger partial charge in [0.25, 0.3) is 0 Å². The van der Waals surface area contributed by atoms with Crippen molar-refractivity contribution in [3.8, 4) is 11.5 Å². The molecule has 1 aliphatic heterocycles. The van der Waals surface area contributed by atoms with Crippen LogP contribution in [0.5, 0.6) is 11.5 Å². The van der Waals surface area contributed by atoms with E-state index in [0.717, 1.165) is 11.3 Å². The predicted octanol–water partition coefficient (Wildman–Crippen LogP) is 1.66. The van der Waals surface area contributed by atoms with E-state index in [4.69, 9.17) is 14.7 Å². The third kappa shape index (κ3) is 1.39. The molecule has 1 N–H and O–H groups in total. The molecule has 1 aliphatic rings. The van der Waals surface area contributed by atoms with Gasteiger partial charge in [0.2, 0.25) is 0 Å². The molecule has 0 atom stereocenters. The van der Waals surface area contributed by atoms with Gasteiger partial charge in [0.1, 0.15) is 11.5 Å². The minimum atomic E-state index is 0.541. The molecule has 4 nitrogen and oxygen atoms in total. The third-order valence-electron chi connectivity index (χ3n) is 2.22. The van der Waals surface area contributed by atoms with Gasteiger partial charge in [0, 0.05) is 18.1 Å². The minimum absolute atomic E-state index is 0.541. The van der Waals surface area contributed by atoms with Crippen molar-refractivity contribution in [3.63, 3.8) is 0 Å². The summed E-state index contributed by atoms with van der Waals surface area (Å²) in [5, 5.41) is 12.0. The van der Waals surface area contributed by atoms with Gasteiger partial charge < -0.3 is 14.7 Å². The minimum Gasteiger partial charge on any atom is -0.497 e. The summed E-state index contributed by atoms with van der Waals surface area (Å²) in [5.41, 5.74) is 1.49. The Labute approximate surface area is 81.8 Å². The molecule has 1 heterocycles. The topological polar surface area (TPSA) is 51.0 Å². The number of hydrogen-bond acceptors (Lipinski definition) is 4. The number of fused-ring (bicyclic) bond motifs is 1. The molecule has 0 unspecified atom stereocenters. The highest BCUT2D eigenvalue weighted by atomic mass is 16.5. The summed E-state index contributed by atoms with van der Waals surface area (Å²) in [6.07, 6.45) is 0.635. The van der Waals surface area contributed by atoms with Crippen molar-refractivity contribution in [1.82, 2.24) is 0 Å². The van der Waals surface area contributed by atoms with Crippen LogP contribution in [-0.2, 0) is 0 Å². The lowest BCUT2D eigenvalue weighted by atomic mass is 10.0. The number of benzene rings is 1.